The number of halogens is 1. The van der Waals surface area contributed by atoms with Crippen molar-refractivity contribution in [3.05, 3.63) is 27.4 Å². The maximum Gasteiger partial charge on any atom is 0.289 e. The number of aromatic nitrogens is 1. The Balaban J connectivity index is 2.11. The molecule has 1 aliphatic carbocycles. The predicted molar refractivity (Wildman–Crippen MR) is 70.9 cm³/mol. The van der Waals surface area contributed by atoms with Gasteiger partial charge in [-0.3, -0.25) is 10.1 Å². The fraction of sp³-hybridized carbons (Fsp3) is 0.583. The van der Waals surface area contributed by atoms with Crippen LogP contribution in [0.4, 0.5) is 11.5 Å². The highest BCUT2D eigenvalue weighted by atomic mass is 35.5. The largest absolute Gasteiger partial charge is 0.366 e. The van der Waals surface area contributed by atoms with E-state index in [-0.39, 0.29) is 5.69 Å². The molecule has 0 spiro atoms. The number of hydrogen-bond acceptors (Lipinski definition) is 4. The number of rotatable bonds is 3. The first-order valence-electron chi connectivity index (χ1n) is 6.14. The Morgan fingerprint density at radius 3 is 2.83 bits per heavy atom. The van der Waals surface area contributed by atoms with Crippen LogP contribution in [0.1, 0.15) is 32.6 Å². The highest BCUT2D eigenvalue weighted by Gasteiger charge is 2.22. The van der Waals surface area contributed by atoms with E-state index in [9.17, 15) is 10.1 Å². The van der Waals surface area contributed by atoms with Gasteiger partial charge >= 0.3 is 0 Å². The van der Waals surface area contributed by atoms with Gasteiger partial charge in [-0.05, 0) is 18.8 Å². The lowest BCUT2D eigenvalue weighted by atomic mass is 9.86. The van der Waals surface area contributed by atoms with Crippen LogP contribution in [0.5, 0.6) is 0 Å². The zero-order chi connectivity index (χ0) is 13.1. The monoisotopic (exact) mass is 269 g/mol. The summed E-state index contributed by atoms with van der Waals surface area (Å²) in [5.41, 5.74) is -0.0813. The summed E-state index contributed by atoms with van der Waals surface area (Å²) in [4.78, 5) is 14.1. The van der Waals surface area contributed by atoms with E-state index < -0.39 is 4.92 Å². The fourth-order valence-corrected chi connectivity index (χ4v) is 2.56. The van der Waals surface area contributed by atoms with Gasteiger partial charge in [0.15, 0.2) is 0 Å². The summed E-state index contributed by atoms with van der Waals surface area (Å²) in [7, 11) is 0. The van der Waals surface area contributed by atoms with Crippen molar-refractivity contribution in [2.24, 2.45) is 5.92 Å². The van der Waals surface area contributed by atoms with Gasteiger partial charge in [-0.2, -0.15) is 0 Å². The molecule has 1 heterocycles. The summed E-state index contributed by atoms with van der Waals surface area (Å²) in [5.74, 6) is 1.12. The molecule has 0 radical (unpaired) electrons. The predicted octanol–water partition coefficient (Wildman–Crippen LogP) is 3.63. The zero-order valence-electron chi connectivity index (χ0n) is 10.2. The molecule has 0 saturated heterocycles. The molecule has 2 unspecified atom stereocenters. The quantitative estimate of drug-likeness (QED) is 0.672. The van der Waals surface area contributed by atoms with Crippen LogP contribution in [0.25, 0.3) is 0 Å². The molecule has 1 aromatic heterocycles. The van der Waals surface area contributed by atoms with Crippen LogP contribution in [0.3, 0.4) is 0 Å². The zero-order valence-corrected chi connectivity index (χ0v) is 11.0. The summed E-state index contributed by atoms with van der Waals surface area (Å²) < 4.78 is 0. The maximum atomic E-state index is 10.6. The van der Waals surface area contributed by atoms with Crippen molar-refractivity contribution < 1.29 is 4.92 Å². The van der Waals surface area contributed by atoms with Crippen LogP contribution in [0.15, 0.2) is 12.3 Å². The Bertz CT molecular complexity index is 453. The smallest absolute Gasteiger partial charge is 0.289 e. The molecule has 18 heavy (non-hydrogen) atoms. The minimum Gasteiger partial charge on any atom is -0.366 e. The van der Waals surface area contributed by atoms with Crippen molar-refractivity contribution in [1.82, 2.24) is 4.98 Å². The van der Waals surface area contributed by atoms with Crippen LogP contribution in [0, 0.1) is 16.0 Å². The normalized spacial score (nSPS) is 23.7. The van der Waals surface area contributed by atoms with Gasteiger partial charge in [0.2, 0.25) is 0 Å². The molecule has 2 rings (SSSR count). The molecule has 1 saturated carbocycles. The van der Waals surface area contributed by atoms with Gasteiger partial charge in [0, 0.05) is 12.1 Å². The van der Waals surface area contributed by atoms with Crippen LogP contribution in [-0.2, 0) is 0 Å². The molecular formula is C12H16ClN3O2. The Morgan fingerprint density at radius 1 is 1.50 bits per heavy atom. The Labute approximate surface area is 111 Å². The van der Waals surface area contributed by atoms with Crippen LogP contribution in [0.2, 0.25) is 5.02 Å². The van der Waals surface area contributed by atoms with Gasteiger partial charge in [-0.15, -0.1) is 0 Å². The average molecular weight is 270 g/mol. The molecule has 1 N–H and O–H groups in total. The number of nitrogens with zero attached hydrogens (tertiary/aromatic N) is 2. The minimum absolute atomic E-state index is 0.0813. The number of anilines is 1. The lowest BCUT2D eigenvalue weighted by molar-refractivity contribution is -0.385. The molecular weight excluding hydrogens is 254 g/mol. The SMILES string of the molecule is CC1CCCCC1Nc1ncc([N+](=O)[O-])cc1Cl. The van der Waals surface area contributed by atoms with E-state index in [1.54, 1.807) is 0 Å². The third-order valence-corrected chi connectivity index (χ3v) is 3.76. The maximum absolute atomic E-state index is 10.6. The van der Waals surface area contributed by atoms with E-state index >= 15 is 0 Å². The van der Waals surface area contributed by atoms with Crippen LogP contribution < -0.4 is 5.32 Å². The number of nitrogens with one attached hydrogen (secondary N) is 1. The van der Waals surface area contributed by atoms with Crippen molar-refractivity contribution in [1.29, 1.82) is 0 Å². The molecule has 2 atom stereocenters. The van der Waals surface area contributed by atoms with E-state index in [0.29, 0.717) is 22.8 Å². The van der Waals surface area contributed by atoms with E-state index in [1.165, 1.54) is 31.5 Å². The first-order chi connectivity index (χ1) is 8.58. The van der Waals surface area contributed by atoms with E-state index in [1.807, 2.05) is 0 Å². The Hall–Kier alpha value is -1.36. The Kier molecular flexibility index (Phi) is 4.01. The van der Waals surface area contributed by atoms with Crippen molar-refractivity contribution >= 4 is 23.1 Å². The number of nitro groups is 1. The van der Waals surface area contributed by atoms with Gasteiger partial charge in [-0.25, -0.2) is 4.98 Å². The second kappa shape index (κ2) is 5.52. The van der Waals surface area contributed by atoms with Crippen molar-refractivity contribution in [2.45, 2.75) is 38.6 Å². The number of hydrogen-bond donors (Lipinski definition) is 1. The minimum atomic E-state index is -0.494. The van der Waals surface area contributed by atoms with Crippen molar-refractivity contribution in [3.63, 3.8) is 0 Å². The third-order valence-electron chi connectivity index (χ3n) is 3.47. The standard InChI is InChI=1S/C12H16ClN3O2/c1-8-4-2-3-5-11(8)15-12-10(13)6-9(7-14-12)16(17)18/h6-8,11H,2-5H2,1H3,(H,14,15). The van der Waals surface area contributed by atoms with E-state index in [4.69, 9.17) is 11.6 Å². The Morgan fingerprint density at radius 2 is 2.22 bits per heavy atom. The second-order valence-corrected chi connectivity index (χ2v) is 5.20. The van der Waals surface area contributed by atoms with Crippen LogP contribution >= 0.6 is 11.6 Å². The first kappa shape index (κ1) is 13.1. The lowest BCUT2D eigenvalue weighted by Crippen LogP contribution is -2.30. The molecule has 98 valence electrons. The summed E-state index contributed by atoms with van der Waals surface area (Å²) in [5, 5.41) is 14.2. The second-order valence-electron chi connectivity index (χ2n) is 4.79. The first-order valence-corrected chi connectivity index (χ1v) is 6.52. The van der Waals surface area contributed by atoms with Gasteiger partial charge in [0.25, 0.3) is 5.69 Å². The topological polar surface area (TPSA) is 68.1 Å². The molecule has 0 bridgehead atoms. The average Bonchev–Trinajstić information content (AvgIpc) is 2.34. The summed E-state index contributed by atoms with van der Waals surface area (Å²) >= 11 is 6.01. The molecule has 1 aliphatic rings. The fourth-order valence-electron chi connectivity index (χ4n) is 2.34. The highest BCUT2D eigenvalue weighted by molar-refractivity contribution is 6.33. The van der Waals surface area contributed by atoms with Crippen molar-refractivity contribution in [3.8, 4) is 0 Å². The molecule has 1 aromatic rings. The molecule has 1 fully saturated rings. The summed E-state index contributed by atoms with van der Waals surface area (Å²) in [6, 6.07) is 1.69. The molecule has 0 aliphatic heterocycles. The van der Waals surface area contributed by atoms with Gasteiger partial charge in [-0.1, -0.05) is 31.4 Å². The summed E-state index contributed by atoms with van der Waals surface area (Å²) in [6.45, 7) is 2.20. The number of pyridine rings is 1. The van der Waals surface area contributed by atoms with E-state index in [0.717, 1.165) is 6.42 Å². The highest BCUT2D eigenvalue weighted by Crippen LogP contribution is 2.30. The molecule has 5 nitrogen and oxygen atoms in total. The van der Waals surface area contributed by atoms with Crippen molar-refractivity contribution in [2.75, 3.05) is 5.32 Å². The van der Waals surface area contributed by atoms with E-state index in [2.05, 4.69) is 17.2 Å². The van der Waals surface area contributed by atoms with Gasteiger partial charge in [0.05, 0.1) is 9.95 Å². The molecule has 0 amide bonds. The molecule has 0 aromatic carbocycles. The molecule has 6 heteroatoms. The van der Waals surface area contributed by atoms with Gasteiger partial charge < -0.3 is 5.32 Å². The third kappa shape index (κ3) is 2.90. The van der Waals surface area contributed by atoms with Crippen LogP contribution in [-0.4, -0.2) is 15.9 Å². The summed E-state index contributed by atoms with van der Waals surface area (Å²) in [6.07, 6.45) is 5.99. The lowest BCUT2D eigenvalue weighted by Gasteiger charge is -2.30. The van der Waals surface area contributed by atoms with Gasteiger partial charge in [0.1, 0.15) is 12.0 Å².